The van der Waals surface area contributed by atoms with Crippen LogP contribution in [-0.4, -0.2) is 64.0 Å². The molecular formula is C15H32IN3O2. The highest BCUT2D eigenvalue weighted by Crippen LogP contribution is 2.28. The summed E-state index contributed by atoms with van der Waals surface area (Å²) in [6.07, 6.45) is 3.98. The highest BCUT2D eigenvalue weighted by atomic mass is 127. The molecule has 0 aromatic rings. The minimum absolute atomic E-state index is 0. The Morgan fingerprint density at radius 3 is 2.62 bits per heavy atom. The number of ether oxygens (including phenoxy) is 2. The zero-order valence-electron chi connectivity index (χ0n) is 13.9. The topological polar surface area (TPSA) is 46.1 Å². The fraction of sp³-hybridized carbons (Fsp3) is 0.933. The molecule has 0 unspecified atom stereocenters. The lowest BCUT2D eigenvalue weighted by atomic mass is 10.4. The summed E-state index contributed by atoms with van der Waals surface area (Å²) in [4.78, 5) is 6.39. The van der Waals surface area contributed by atoms with Gasteiger partial charge in [-0.05, 0) is 39.0 Å². The quantitative estimate of drug-likeness (QED) is 0.259. The summed E-state index contributed by atoms with van der Waals surface area (Å²) in [5.41, 5.74) is 0. The van der Waals surface area contributed by atoms with Gasteiger partial charge in [-0.25, -0.2) is 0 Å². The maximum Gasteiger partial charge on any atom is 0.193 e. The molecule has 1 aliphatic rings. The van der Waals surface area contributed by atoms with Gasteiger partial charge in [0.15, 0.2) is 5.96 Å². The Labute approximate surface area is 146 Å². The lowest BCUT2D eigenvalue weighted by Crippen LogP contribution is -2.41. The van der Waals surface area contributed by atoms with E-state index in [0.29, 0.717) is 6.10 Å². The zero-order valence-corrected chi connectivity index (χ0v) is 16.3. The van der Waals surface area contributed by atoms with Crippen LogP contribution in [0.4, 0.5) is 0 Å². The van der Waals surface area contributed by atoms with Crippen LogP contribution in [-0.2, 0) is 9.47 Å². The Morgan fingerprint density at radius 2 is 2.05 bits per heavy atom. The number of likely N-dealkylation sites (N-methyl/N-ethyl adjacent to an activating group) is 1. The number of rotatable bonds is 10. The monoisotopic (exact) mass is 413 g/mol. The molecule has 1 rings (SSSR count). The second-order valence-electron chi connectivity index (χ2n) is 5.69. The lowest BCUT2D eigenvalue weighted by molar-refractivity contribution is 0.0775. The van der Waals surface area contributed by atoms with Crippen LogP contribution in [0.3, 0.4) is 0 Å². The molecule has 0 amide bonds. The summed E-state index contributed by atoms with van der Waals surface area (Å²) in [7, 11) is 3.86. The second kappa shape index (κ2) is 12.5. The maximum absolute atomic E-state index is 5.65. The van der Waals surface area contributed by atoms with E-state index in [2.05, 4.69) is 29.1 Å². The summed E-state index contributed by atoms with van der Waals surface area (Å²) in [5.74, 6) is 1.75. The molecule has 0 aromatic carbocycles. The number of aliphatic imine (C=N–C) groups is 1. The largest absolute Gasteiger partial charge is 0.379 e. The van der Waals surface area contributed by atoms with Gasteiger partial charge in [0.05, 0.1) is 12.7 Å². The minimum Gasteiger partial charge on any atom is -0.379 e. The number of hydrogen-bond donors (Lipinski definition) is 1. The first-order valence-corrected chi connectivity index (χ1v) is 7.74. The van der Waals surface area contributed by atoms with Gasteiger partial charge in [-0.3, -0.25) is 4.99 Å². The van der Waals surface area contributed by atoms with Crippen LogP contribution in [0.5, 0.6) is 0 Å². The van der Waals surface area contributed by atoms with E-state index >= 15 is 0 Å². The predicted molar refractivity (Wildman–Crippen MR) is 98.7 cm³/mol. The highest BCUT2D eigenvalue weighted by molar-refractivity contribution is 14.0. The van der Waals surface area contributed by atoms with Crippen LogP contribution in [0.25, 0.3) is 0 Å². The molecule has 0 spiro atoms. The van der Waals surface area contributed by atoms with Gasteiger partial charge in [0.2, 0.25) is 0 Å². The van der Waals surface area contributed by atoms with Crippen LogP contribution in [0.1, 0.15) is 33.1 Å². The molecule has 5 nitrogen and oxygen atoms in total. The molecule has 0 saturated heterocycles. The number of halogens is 1. The van der Waals surface area contributed by atoms with Crippen molar-refractivity contribution in [3.05, 3.63) is 0 Å². The molecule has 1 fully saturated rings. The first-order chi connectivity index (χ1) is 9.63. The van der Waals surface area contributed by atoms with Crippen molar-refractivity contribution in [2.45, 2.75) is 39.2 Å². The van der Waals surface area contributed by atoms with Crippen molar-refractivity contribution in [1.29, 1.82) is 0 Å². The third-order valence-electron chi connectivity index (χ3n) is 3.25. The van der Waals surface area contributed by atoms with Crippen molar-refractivity contribution in [3.8, 4) is 0 Å². The van der Waals surface area contributed by atoms with E-state index in [9.17, 15) is 0 Å². The Kier molecular flexibility index (Phi) is 12.4. The molecule has 1 saturated carbocycles. The molecular weight excluding hydrogens is 381 g/mol. The fourth-order valence-corrected chi connectivity index (χ4v) is 1.82. The van der Waals surface area contributed by atoms with E-state index in [1.54, 1.807) is 0 Å². The van der Waals surface area contributed by atoms with Gasteiger partial charge in [-0.2, -0.15) is 0 Å². The van der Waals surface area contributed by atoms with Crippen LogP contribution < -0.4 is 5.32 Å². The standard InChI is InChI=1S/C15H31N3O2.HI/c1-13(2)20-10-5-8-17-15(16-3)18(4)9-11-19-12-14-6-7-14;/h13-14H,5-12H2,1-4H3,(H,16,17);1H. The SMILES string of the molecule is CN=C(NCCCOC(C)C)N(C)CCOCC1CC1.I. The molecule has 21 heavy (non-hydrogen) atoms. The number of nitrogens with one attached hydrogen (secondary N) is 1. The zero-order chi connectivity index (χ0) is 14.8. The summed E-state index contributed by atoms with van der Waals surface area (Å²) in [6.45, 7) is 8.34. The van der Waals surface area contributed by atoms with E-state index in [4.69, 9.17) is 9.47 Å². The van der Waals surface area contributed by atoms with Crippen molar-refractivity contribution in [2.75, 3.05) is 47.0 Å². The first kappa shape index (κ1) is 20.9. The molecule has 0 atom stereocenters. The van der Waals surface area contributed by atoms with Crippen LogP contribution in [0.15, 0.2) is 4.99 Å². The molecule has 0 heterocycles. The van der Waals surface area contributed by atoms with Crippen LogP contribution >= 0.6 is 24.0 Å². The van der Waals surface area contributed by atoms with Gasteiger partial charge < -0.3 is 19.7 Å². The Balaban J connectivity index is 0.00000400. The average Bonchev–Trinajstić information content (AvgIpc) is 3.22. The summed E-state index contributed by atoms with van der Waals surface area (Å²) < 4.78 is 11.2. The van der Waals surface area contributed by atoms with Crippen LogP contribution in [0, 0.1) is 5.92 Å². The van der Waals surface area contributed by atoms with Crippen molar-refractivity contribution in [1.82, 2.24) is 10.2 Å². The van der Waals surface area contributed by atoms with Crippen molar-refractivity contribution < 1.29 is 9.47 Å². The van der Waals surface area contributed by atoms with Gasteiger partial charge in [0.25, 0.3) is 0 Å². The fourth-order valence-electron chi connectivity index (χ4n) is 1.82. The summed E-state index contributed by atoms with van der Waals surface area (Å²) in [6, 6.07) is 0. The summed E-state index contributed by atoms with van der Waals surface area (Å²) in [5, 5.41) is 3.35. The molecule has 0 aromatic heterocycles. The predicted octanol–water partition coefficient (Wildman–Crippen LogP) is 2.35. The third kappa shape index (κ3) is 11.2. The normalized spacial score (nSPS) is 15.0. The highest BCUT2D eigenvalue weighted by Gasteiger charge is 2.21. The Hall–Kier alpha value is -0.0800. The van der Waals surface area contributed by atoms with Gasteiger partial charge in [-0.1, -0.05) is 0 Å². The molecule has 0 radical (unpaired) electrons. The van der Waals surface area contributed by atoms with Crippen molar-refractivity contribution in [2.24, 2.45) is 10.9 Å². The van der Waals surface area contributed by atoms with E-state index < -0.39 is 0 Å². The lowest BCUT2D eigenvalue weighted by Gasteiger charge is -2.22. The average molecular weight is 413 g/mol. The number of nitrogens with zero attached hydrogens (tertiary/aromatic N) is 2. The van der Waals surface area contributed by atoms with Crippen molar-refractivity contribution in [3.63, 3.8) is 0 Å². The van der Waals surface area contributed by atoms with Gasteiger partial charge in [0, 0.05) is 40.4 Å². The molecule has 1 aliphatic carbocycles. The second-order valence-corrected chi connectivity index (χ2v) is 5.69. The first-order valence-electron chi connectivity index (χ1n) is 7.74. The van der Waals surface area contributed by atoms with E-state index in [-0.39, 0.29) is 24.0 Å². The molecule has 0 bridgehead atoms. The number of guanidine groups is 1. The van der Waals surface area contributed by atoms with Gasteiger partial charge in [0.1, 0.15) is 0 Å². The minimum atomic E-state index is 0. The van der Waals surface area contributed by atoms with Gasteiger partial charge in [-0.15, -0.1) is 24.0 Å². The molecule has 126 valence electrons. The van der Waals surface area contributed by atoms with E-state index in [1.807, 2.05) is 14.1 Å². The number of hydrogen-bond acceptors (Lipinski definition) is 3. The van der Waals surface area contributed by atoms with Crippen LogP contribution in [0.2, 0.25) is 0 Å². The smallest absolute Gasteiger partial charge is 0.193 e. The Morgan fingerprint density at radius 1 is 1.33 bits per heavy atom. The summed E-state index contributed by atoms with van der Waals surface area (Å²) >= 11 is 0. The Bertz CT molecular complexity index is 284. The van der Waals surface area contributed by atoms with E-state index in [0.717, 1.165) is 51.2 Å². The molecule has 0 aliphatic heterocycles. The van der Waals surface area contributed by atoms with Gasteiger partial charge >= 0.3 is 0 Å². The van der Waals surface area contributed by atoms with E-state index in [1.165, 1.54) is 12.8 Å². The molecule has 6 heteroatoms. The third-order valence-corrected chi connectivity index (χ3v) is 3.25. The maximum atomic E-state index is 5.65. The molecule has 1 N–H and O–H groups in total. The van der Waals surface area contributed by atoms with Crippen molar-refractivity contribution >= 4 is 29.9 Å².